The lowest BCUT2D eigenvalue weighted by atomic mass is 10.1. The predicted octanol–water partition coefficient (Wildman–Crippen LogP) is 1.73. The van der Waals surface area contributed by atoms with Gasteiger partial charge >= 0.3 is 5.97 Å². The number of esters is 1. The fourth-order valence-electron chi connectivity index (χ4n) is 1.16. The number of rotatable bonds is 2. The summed E-state index contributed by atoms with van der Waals surface area (Å²) < 4.78 is 5.15. The molecule has 5 nitrogen and oxygen atoms in total. The fraction of sp³-hybridized carbons (Fsp3) is 0.500. The molecule has 1 aromatic rings. The van der Waals surface area contributed by atoms with Gasteiger partial charge in [-0.15, -0.1) is 0 Å². The van der Waals surface area contributed by atoms with Gasteiger partial charge in [-0.3, -0.25) is 4.79 Å². The molecule has 0 saturated heterocycles. The summed E-state index contributed by atoms with van der Waals surface area (Å²) >= 11 is 0. The van der Waals surface area contributed by atoms with Crippen molar-refractivity contribution in [1.82, 2.24) is 10.2 Å². The maximum absolute atomic E-state index is 11.8. The van der Waals surface area contributed by atoms with Crippen LogP contribution in [0, 0.1) is 18.3 Å². The molecule has 0 aliphatic rings. The number of aromatic nitrogens is 2. The highest BCUT2D eigenvalue weighted by molar-refractivity contribution is 5.80. The van der Waals surface area contributed by atoms with Gasteiger partial charge in [0.1, 0.15) is 5.60 Å². The summed E-state index contributed by atoms with van der Waals surface area (Å²) in [7, 11) is 0. The maximum Gasteiger partial charge on any atom is 0.330 e. The first kappa shape index (κ1) is 13.1. The summed E-state index contributed by atoms with van der Waals surface area (Å²) in [5.41, 5.74) is 0.423. The maximum atomic E-state index is 11.8. The minimum absolute atomic E-state index is 0.312. The Morgan fingerprint density at radius 1 is 1.41 bits per heavy atom. The second kappa shape index (κ2) is 4.91. The Balaban J connectivity index is 2.90. The second-order valence-corrected chi connectivity index (χ2v) is 4.70. The smallest absolute Gasteiger partial charge is 0.330 e. The largest absolute Gasteiger partial charge is 0.459 e. The zero-order chi connectivity index (χ0) is 13.1. The van der Waals surface area contributed by atoms with Crippen LogP contribution in [-0.2, 0) is 9.53 Å². The van der Waals surface area contributed by atoms with Crippen molar-refractivity contribution in [2.24, 2.45) is 0 Å². The van der Waals surface area contributed by atoms with Crippen molar-refractivity contribution in [2.45, 2.75) is 39.2 Å². The Morgan fingerprint density at radius 2 is 2.06 bits per heavy atom. The molecule has 0 fully saturated rings. The number of nitrogens with zero attached hydrogens (tertiary/aromatic N) is 3. The van der Waals surface area contributed by atoms with Gasteiger partial charge < -0.3 is 4.74 Å². The predicted molar refractivity (Wildman–Crippen MR) is 61.0 cm³/mol. The van der Waals surface area contributed by atoms with Gasteiger partial charge in [0, 0.05) is 0 Å². The Hall–Kier alpha value is -1.96. The van der Waals surface area contributed by atoms with Gasteiger partial charge in [-0.05, 0) is 39.8 Å². The van der Waals surface area contributed by atoms with Crippen LogP contribution in [0.15, 0.2) is 12.1 Å². The van der Waals surface area contributed by atoms with Gasteiger partial charge in [0.2, 0.25) is 0 Å². The fourth-order valence-corrected chi connectivity index (χ4v) is 1.16. The molecule has 0 aromatic carbocycles. The second-order valence-electron chi connectivity index (χ2n) is 4.70. The molecule has 17 heavy (non-hydrogen) atoms. The molecule has 1 aromatic heterocycles. The SMILES string of the molecule is Cc1ccc(C(C#N)C(=O)OC(C)(C)C)nn1. The highest BCUT2D eigenvalue weighted by Gasteiger charge is 2.27. The van der Waals surface area contributed by atoms with Crippen molar-refractivity contribution >= 4 is 5.97 Å². The number of carbonyl (C=O) groups is 1. The number of hydrogen-bond acceptors (Lipinski definition) is 5. The van der Waals surface area contributed by atoms with Crippen LogP contribution in [0.1, 0.15) is 38.1 Å². The Labute approximate surface area is 100 Å². The number of nitriles is 1. The lowest BCUT2D eigenvalue weighted by Gasteiger charge is -2.20. The zero-order valence-electron chi connectivity index (χ0n) is 10.4. The first-order valence-corrected chi connectivity index (χ1v) is 5.26. The average Bonchev–Trinajstić information content (AvgIpc) is 2.19. The van der Waals surface area contributed by atoms with Crippen molar-refractivity contribution in [3.8, 4) is 6.07 Å². The van der Waals surface area contributed by atoms with E-state index in [1.807, 2.05) is 6.07 Å². The van der Waals surface area contributed by atoms with Crippen LogP contribution < -0.4 is 0 Å². The molecule has 0 aliphatic heterocycles. The molecule has 0 radical (unpaired) electrons. The van der Waals surface area contributed by atoms with E-state index in [4.69, 9.17) is 10.00 Å². The van der Waals surface area contributed by atoms with E-state index < -0.39 is 17.5 Å². The van der Waals surface area contributed by atoms with Gasteiger partial charge in [0.05, 0.1) is 17.5 Å². The molecule has 1 rings (SSSR count). The minimum Gasteiger partial charge on any atom is -0.459 e. The molecule has 5 heteroatoms. The zero-order valence-corrected chi connectivity index (χ0v) is 10.4. The molecule has 0 aliphatic carbocycles. The molecule has 1 heterocycles. The standard InChI is InChI=1S/C12H15N3O2/c1-8-5-6-10(15-14-8)9(7-13)11(16)17-12(2,3)4/h5-6,9H,1-4H3. The van der Waals surface area contributed by atoms with Gasteiger partial charge in [0.25, 0.3) is 0 Å². The topological polar surface area (TPSA) is 75.9 Å². The third kappa shape index (κ3) is 3.83. The summed E-state index contributed by atoms with van der Waals surface area (Å²) in [5, 5.41) is 16.6. The number of ether oxygens (including phenoxy) is 1. The van der Waals surface area contributed by atoms with Crippen LogP contribution in [-0.4, -0.2) is 21.8 Å². The third-order valence-corrected chi connectivity index (χ3v) is 1.89. The van der Waals surface area contributed by atoms with Crippen LogP contribution in [0.5, 0.6) is 0 Å². The summed E-state index contributed by atoms with van der Waals surface area (Å²) in [4.78, 5) is 11.8. The number of aryl methyl sites for hydroxylation is 1. The molecule has 90 valence electrons. The van der Waals surface area contributed by atoms with E-state index in [-0.39, 0.29) is 0 Å². The highest BCUT2D eigenvalue weighted by Crippen LogP contribution is 2.18. The van der Waals surface area contributed by atoms with Gasteiger partial charge in [-0.25, -0.2) is 0 Å². The van der Waals surface area contributed by atoms with Gasteiger partial charge in [0.15, 0.2) is 5.92 Å². The lowest BCUT2D eigenvalue weighted by molar-refractivity contribution is -0.155. The molecule has 1 atom stereocenters. The van der Waals surface area contributed by atoms with E-state index in [9.17, 15) is 4.79 Å². The molecular weight excluding hydrogens is 218 g/mol. The Bertz CT molecular complexity index is 440. The average molecular weight is 233 g/mol. The van der Waals surface area contributed by atoms with Crippen molar-refractivity contribution in [3.63, 3.8) is 0 Å². The van der Waals surface area contributed by atoms with Crippen LogP contribution >= 0.6 is 0 Å². The van der Waals surface area contributed by atoms with Crippen LogP contribution in [0.25, 0.3) is 0 Å². The van der Waals surface area contributed by atoms with Crippen LogP contribution in [0.4, 0.5) is 0 Å². The normalized spacial score (nSPS) is 12.6. The first-order valence-electron chi connectivity index (χ1n) is 5.26. The minimum atomic E-state index is -1.03. The van der Waals surface area contributed by atoms with E-state index in [2.05, 4.69) is 10.2 Å². The van der Waals surface area contributed by atoms with Crippen LogP contribution in [0.2, 0.25) is 0 Å². The highest BCUT2D eigenvalue weighted by atomic mass is 16.6. The number of hydrogen-bond donors (Lipinski definition) is 0. The number of carbonyl (C=O) groups excluding carboxylic acids is 1. The van der Waals surface area contributed by atoms with Crippen LogP contribution in [0.3, 0.4) is 0 Å². The first-order chi connectivity index (χ1) is 7.83. The van der Waals surface area contributed by atoms with E-state index in [1.54, 1.807) is 39.8 Å². The monoisotopic (exact) mass is 233 g/mol. The van der Waals surface area contributed by atoms with Crippen molar-refractivity contribution in [1.29, 1.82) is 5.26 Å². The van der Waals surface area contributed by atoms with Gasteiger partial charge in [-0.1, -0.05) is 0 Å². The lowest BCUT2D eigenvalue weighted by Crippen LogP contribution is -2.27. The molecule has 0 bridgehead atoms. The molecule has 0 spiro atoms. The summed E-state index contributed by atoms with van der Waals surface area (Å²) in [6.45, 7) is 7.03. The van der Waals surface area contributed by atoms with Crippen molar-refractivity contribution < 1.29 is 9.53 Å². The van der Waals surface area contributed by atoms with E-state index in [1.165, 1.54) is 0 Å². The Kier molecular flexibility index (Phi) is 3.79. The Morgan fingerprint density at radius 3 is 2.47 bits per heavy atom. The quantitative estimate of drug-likeness (QED) is 0.727. The van der Waals surface area contributed by atoms with Crippen molar-refractivity contribution in [2.75, 3.05) is 0 Å². The third-order valence-electron chi connectivity index (χ3n) is 1.89. The van der Waals surface area contributed by atoms with E-state index in [0.29, 0.717) is 5.69 Å². The molecule has 0 amide bonds. The van der Waals surface area contributed by atoms with Gasteiger partial charge in [-0.2, -0.15) is 15.5 Å². The summed E-state index contributed by atoms with van der Waals surface area (Å²) in [6, 6.07) is 5.20. The van der Waals surface area contributed by atoms with E-state index >= 15 is 0 Å². The van der Waals surface area contributed by atoms with Crippen molar-refractivity contribution in [3.05, 3.63) is 23.5 Å². The summed E-state index contributed by atoms with van der Waals surface area (Å²) in [5.74, 6) is -1.62. The molecule has 0 N–H and O–H groups in total. The molecule has 1 unspecified atom stereocenters. The van der Waals surface area contributed by atoms with E-state index in [0.717, 1.165) is 5.69 Å². The summed E-state index contributed by atoms with van der Waals surface area (Å²) in [6.07, 6.45) is 0. The molecular formula is C12H15N3O2. The molecule has 0 saturated carbocycles.